The Labute approximate surface area is 122 Å². The zero-order valence-electron chi connectivity index (χ0n) is 11.0. The Bertz CT molecular complexity index is 513. The van der Waals surface area contributed by atoms with Crippen molar-refractivity contribution < 1.29 is 4.74 Å². The van der Waals surface area contributed by atoms with Gasteiger partial charge in [-0.05, 0) is 52.5 Å². The van der Waals surface area contributed by atoms with Crippen LogP contribution in [-0.2, 0) is 6.42 Å². The van der Waals surface area contributed by atoms with E-state index in [1.54, 1.807) is 7.11 Å². The molecule has 0 aliphatic heterocycles. The zero-order valence-corrected chi connectivity index (χ0v) is 12.6. The molecule has 0 aromatic heterocycles. The number of aryl methyl sites for hydroxylation is 1. The number of anilines is 1. The number of hydrogen-bond donors (Lipinski definition) is 1. The highest BCUT2D eigenvalue weighted by molar-refractivity contribution is 9.10. The molecule has 100 valence electrons. The fraction of sp³-hybridized carbons (Fsp3) is 0.250. The van der Waals surface area contributed by atoms with Crippen molar-refractivity contribution in [3.05, 3.63) is 58.6 Å². The van der Waals surface area contributed by atoms with Gasteiger partial charge < -0.3 is 10.1 Å². The number of ether oxygens (including phenoxy) is 1. The summed E-state index contributed by atoms with van der Waals surface area (Å²) in [6.07, 6.45) is 2.22. The van der Waals surface area contributed by atoms with Crippen molar-refractivity contribution >= 4 is 21.6 Å². The first kappa shape index (κ1) is 13.9. The SMILES string of the molecule is COc1ccc(NCCCc2ccccc2)cc1Br. The van der Waals surface area contributed by atoms with Crippen LogP contribution >= 0.6 is 15.9 Å². The molecule has 0 aliphatic carbocycles. The molecule has 0 saturated heterocycles. The van der Waals surface area contributed by atoms with Crippen molar-refractivity contribution in [2.75, 3.05) is 19.0 Å². The number of benzene rings is 2. The quantitative estimate of drug-likeness (QED) is 0.791. The number of nitrogens with one attached hydrogen (secondary N) is 1. The van der Waals surface area contributed by atoms with Gasteiger partial charge in [-0.3, -0.25) is 0 Å². The Morgan fingerprint density at radius 2 is 1.89 bits per heavy atom. The molecule has 0 fully saturated rings. The average molecular weight is 320 g/mol. The van der Waals surface area contributed by atoms with E-state index in [1.165, 1.54) is 5.56 Å². The molecule has 19 heavy (non-hydrogen) atoms. The lowest BCUT2D eigenvalue weighted by Gasteiger charge is -2.09. The summed E-state index contributed by atoms with van der Waals surface area (Å²) in [6.45, 7) is 0.966. The zero-order chi connectivity index (χ0) is 13.5. The second-order valence-corrected chi connectivity index (χ2v) is 5.22. The van der Waals surface area contributed by atoms with Crippen molar-refractivity contribution in [3.63, 3.8) is 0 Å². The summed E-state index contributed by atoms with van der Waals surface area (Å²) in [5.41, 5.74) is 2.50. The minimum atomic E-state index is 0.856. The lowest BCUT2D eigenvalue weighted by Crippen LogP contribution is -2.03. The van der Waals surface area contributed by atoms with E-state index in [4.69, 9.17) is 4.74 Å². The van der Waals surface area contributed by atoms with Crippen molar-refractivity contribution in [1.29, 1.82) is 0 Å². The van der Waals surface area contributed by atoms with E-state index < -0.39 is 0 Å². The summed E-state index contributed by atoms with van der Waals surface area (Å²) in [4.78, 5) is 0. The lowest BCUT2D eigenvalue weighted by atomic mass is 10.1. The molecule has 2 rings (SSSR count). The maximum Gasteiger partial charge on any atom is 0.133 e. The monoisotopic (exact) mass is 319 g/mol. The van der Waals surface area contributed by atoms with E-state index in [1.807, 2.05) is 18.2 Å². The van der Waals surface area contributed by atoms with Crippen LogP contribution in [0.1, 0.15) is 12.0 Å². The van der Waals surface area contributed by atoms with Gasteiger partial charge in [0.2, 0.25) is 0 Å². The summed E-state index contributed by atoms with van der Waals surface area (Å²) in [5.74, 6) is 0.856. The summed E-state index contributed by atoms with van der Waals surface area (Å²) < 4.78 is 6.18. The Balaban J connectivity index is 1.78. The van der Waals surface area contributed by atoms with E-state index in [-0.39, 0.29) is 0 Å². The van der Waals surface area contributed by atoms with Crippen LogP contribution < -0.4 is 10.1 Å². The maximum absolute atomic E-state index is 5.21. The van der Waals surface area contributed by atoms with Crippen LogP contribution in [0.5, 0.6) is 5.75 Å². The van der Waals surface area contributed by atoms with Gasteiger partial charge in [-0.25, -0.2) is 0 Å². The molecule has 0 amide bonds. The average Bonchev–Trinajstić information content (AvgIpc) is 2.45. The third-order valence-corrected chi connectivity index (χ3v) is 3.59. The van der Waals surface area contributed by atoms with Crippen LogP contribution in [0.15, 0.2) is 53.0 Å². The highest BCUT2D eigenvalue weighted by Gasteiger charge is 2.00. The van der Waals surface area contributed by atoms with E-state index in [2.05, 4.69) is 51.6 Å². The molecule has 0 atom stereocenters. The molecule has 0 unspecified atom stereocenters. The van der Waals surface area contributed by atoms with Crippen LogP contribution in [0.25, 0.3) is 0 Å². The Morgan fingerprint density at radius 1 is 1.11 bits per heavy atom. The van der Waals surface area contributed by atoms with Crippen molar-refractivity contribution in [3.8, 4) is 5.75 Å². The first-order chi connectivity index (χ1) is 9.29. The maximum atomic E-state index is 5.21. The van der Waals surface area contributed by atoms with Gasteiger partial charge in [0, 0.05) is 12.2 Å². The van der Waals surface area contributed by atoms with E-state index in [9.17, 15) is 0 Å². The standard InChI is InChI=1S/C16H18BrNO/c1-19-16-10-9-14(12-15(16)17)18-11-5-8-13-6-3-2-4-7-13/h2-4,6-7,9-10,12,18H,5,8,11H2,1H3. The predicted octanol–water partition coefficient (Wildman–Crippen LogP) is 4.50. The van der Waals surface area contributed by atoms with Crippen LogP contribution in [0, 0.1) is 0 Å². The Hall–Kier alpha value is -1.48. The molecule has 0 heterocycles. The lowest BCUT2D eigenvalue weighted by molar-refractivity contribution is 0.412. The van der Waals surface area contributed by atoms with Crippen molar-refractivity contribution in [2.45, 2.75) is 12.8 Å². The summed E-state index contributed by atoms with van der Waals surface area (Å²) in [7, 11) is 1.67. The molecule has 3 heteroatoms. The van der Waals surface area contributed by atoms with Gasteiger partial charge in [0.15, 0.2) is 0 Å². The molecular weight excluding hydrogens is 302 g/mol. The Morgan fingerprint density at radius 3 is 2.58 bits per heavy atom. The molecule has 0 radical (unpaired) electrons. The first-order valence-corrected chi connectivity index (χ1v) is 7.20. The fourth-order valence-electron chi connectivity index (χ4n) is 1.95. The third-order valence-electron chi connectivity index (χ3n) is 2.97. The van der Waals surface area contributed by atoms with Crippen molar-refractivity contribution in [1.82, 2.24) is 0 Å². The highest BCUT2D eigenvalue weighted by Crippen LogP contribution is 2.27. The molecule has 2 nitrogen and oxygen atoms in total. The summed E-state index contributed by atoms with van der Waals surface area (Å²) in [5, 5.41) is 3.42. The topological polar surface area (TPSA) is 21.3 Å². The van der Waals surface area contributed by atoms with Crippen LogP contribution in [0.4, 0.5) is 5.69 Å². The van der Waals surface area contributed by atoms with E-state index >= 15 is 0 Å². The van der Waals surface area contributed by atoms with Gasteiger partial charge in [0.1, 0.15) is 5.75 Å². The predicted molar refractivity (Wildman–Crippen MR) is 83.9 cm³/mol. The first-order valence-electron chi connectivity index (χ1n) is 6.41. The van der Waals surface area contributed by atoms with Crippen molar-refractivity contribution in [2.24, 2.45) is 0 Å². The smallest absolute Gasteiger partial charge is 0.133 e. The van der Waals surface area contributed by atoms with E-state index in [0.29, 0.717) is 0 Å². The minimum Gasteiger partial charge on any atom is -0.496 e. The van der Waals surface area contributed by atoms with Crippen LogP contribution in [-0.4, -0.2) is 13.7 Å². The van der Waals surface area contributed by atoms with Gasteiger partial charge >= 0.3 is 0 Å². The van der Waals surface area contributed by atoms with Gasteiger partial charge in [-0.1, -0.05) is 30.3 Å². The van der Waals surface area contributed by atoms with E-state index in [0.717, 1.165) is 35.3 Å². The number of hydrogen-bond acceptors (Lipinski definition) is 2. The molecule has 0 saturated carbocycles. The van der Waals surface area contributed by atoms with Crippen LogP contribution in [0.3, 0.4) is 0 Å². The second kappa shape index (κ2) is 7.19. The largest absolute Gasteiger partial charge is 0.496 e. The number of rotatable bonds is 6. The van der Waals surface area contributed by atoms with Gasteiger partial charge in [0.05, 0.1) is 11.6 Å². The molecule has 2 aromatic rings. The summed E-state index contributed by atoms with van der Waals surface area (Å²) >= 11 is 3.49. The highest BCUT2D eigenvalue weighted by atomic mass is 79.9. The minimum absolute atomic E-state index is 0.856. The fourth-order valence-corrected chi connectivity index (χ4v) is 2.49. The summed E-state index contributed by atoms with van der Waals surface area (Å²) in [6, 6.07) is 16.6. The normalized spacial score (nSPS) is 10.2. The second-order valence-electron chi connectivity index (χ2n) is 4.37. The van der Waals surface area contributed by atoms with Crippen LogP contribution in [0.2, 0.25) is 0 Å². The third kappa shape index (κ3) is 4.28. The molecule has 0 spiro atoms. The van der Waals surface area contributed by atoms with Gasteiger partial charge in [0.25, 0.3) is 0 Å². The molecular formula is C16H18BrNO. The van der Waals surface area contributed by atoms with Gasteiger partial charge in [-0.2, -0.15) is 0 Å². The molecule has 1 N–H and O–H groups in total. The molecule has 2 aromatic carbocycles. The van der Waals surface area contributed by atoms with Gasteiger partial charge in [-0.15, -0.1) is 0 Å². The molecule has 0 bridgehead atoms. The molecule has 0 aliphatic rings. The number of halogens is 1. The number of methoxy groups -OCH3 is 1. The Kier molecular flexibility index (Phi) is 5.28.